The van der Waals surface area contributed by atoms with Gasteiger partial charge in [0.2, 0.25) is 0 Å². The zero-order valence-corrected chi connectivity index (χ0v) is 10.4. The number of benzene rings is 2. The Morgan fingerprint density at radius 2 is 1.58 bits per heavy atom. The van der Waals surface area contributed by atoms with Crippen molar-refractivity contribution in [2.45, 2.75) is 0 Å². The van der Waals surface area contributed by atoms with Crippen LogP contribution in [-0.4, -0.2) is 23.4 Å². The number of nitrogens with two attached hydrogens (primary N) is 2. The molecule has 0 aliphatic heterocycles. The van der Waals surface area contributed by atoms with Crippen molar-refractivity contribution in [2.24, 2.45) is 0 Å². The van der Waals surface area contributed by atoms with Gasteiger partial charge >= 0.3 is 0 Å². The Hall–Kier alpha value is -2.40. The molecule has 0 amide bonds. The summed E-state index contributed by atoms with van der Waals surface area (Å²) >= 11 is 0. The van der Waals surface area contributed by atoms with Crippen molar-refractivity contribution in [3.8, 4) is 16.9 Å². The summed E-state index contributed by atoms with van der Waals surface area (Å²) in [7, 11) is 0. The number of nitrogens with one attached hydrogen (secondary N) is 1. The number of phenolic OH excluding ortho intramolecular Hbond substituents is 1. The van der Waals surface area contributed by atoms with Crippen LogP contribution in [0.25, 0.3) is 11.1 Å². The summed E-state index contributed by atoms with van der Waals surface area (Å²) in [6, 6.07) is 10.2. The maximum atomic E-state index is 9.56. The number of aliphatic hydroxyl groups excluding tert-OH is 1. The highest BCUT2D eigenvalue weighted by Crippen LogP contribution is 2.34. The minimum atomic E-state index is 0.0496. The normalized spacial score (nSPS) is 10.4. The number of aromatic hydroxyl groups is 1. The number of hydrogen-bond donors (Lipinski definition) is 5. The Labute approximate surface area is 111 Å². The molecule has 19 heavy (non-hydrogen) atoms. The second-order valence-electron chi connectivity index (χ2n) is 4.22. The van der Waals surface area contributed by atoms with Crippen LogP contribution in [0.1, 0.15) is 0 Å². The van der Waals surface area contributed by atoms with Crippen LogP contribution in [0.4, 0.5) is 17.1 Å². The highest BCUT2D eigenvalue weighted by molar-refractivity contribution is 5.87. The third kappa shape index (κ3) is 2.89. The molecule has 2 rings (SSSR count). The van der Waals surface area contributed by atoms with E-state index in [0.717, 1.165) is 11.3 Å². The molecule has 0 aliphatic carbocycles. The van der Waals surface area contributed by atoms with E-state index in [9.17, 15) is 5.11 Å². The maximum Gasteiger partial charge on any atom is 0.116 e. The van der Waals surface area contributed by atoms with Gasteiger partial charge in [-0.25, -0.2) is 0 Å². The zero-order valence-electron chi connectivity index (χ0n) is 10.4. The van der Waals surface area contributed by atoms with E-state index in [0.29, 0.717) is 23.5 Å². The number of aliphatic hydroxyl groups is 1. The highest BCUT2D eigenvalue weighted by atomic mass is 16.3. The predicted molar refractivity (Wildman–Crippen MR) is 77.9 cm³/mol. The molecule has 5 heteroatoms. The van der Waals surface area contributed by atoms with Crippen molar-refractivity contribution >= 4 is 17.1 Å². The van der Waals surface area contributed by atoms with Crippen molar-refractivity contribution in [1.82, 2.24) is 0 Å². The second kappa shape index (κ2) is 5.49. The summed E-state index contributed by atoms with van der Waals surface area (Å²) in [5.74, 6) is 0.136. The van der Waals surface area contributed by atoms with Crippen LogP contribution in [-0.2, 0) is 0 Å². The average molecular weight is 259 g/mol. The van der Waals surface area contributed by atoms with E-state index < -0.39 is 0 Å². The fraction of sp³-hybridized carbons (Fsp3) is 0.143. The van der Waals surface area contributed by atoms with Gasteiger partial charge in [0.1, 0.15) is 5.75 Å². The van der Waals surface area contributed by atoms with Crippen molar-refractivity contribution in [2.75, 3.05) is 29.9 Å². The number of rotatable bonds is 4. The fourth-order valence-corrected chi connectivity index (χ4v) is 1.88. The minimum Gasteiger partial charge on any atom is -0.508 e. The zero-order chi connectivity index (χ0) is 13.8. The van der Waals surface area contributed by atoms with E-state index in [1.54, 1.807) is 18.2 Å². The summed E-state index contributed by atoms with van der Waals surface area (Å²) in [4.78, 5) is 0. The van der Waals surface area contributed by atoms with Crippen LogP contribution in [0.5, 0.6) is 5.75 Å². The van der Waals surface area contributed by atoms with Crippen molar-refractivity contribution in [3.63, 3.8) is 0 Å². The third-order valence-electron chi connectivity index (χ3n) is 2.82. The van der Waals surface area contributed by atoms with E-state index in [1.165, 1.54) is 6.07 Å². The Bertz CT molecular complexity index is 585. The smallest absolute Gasteiger partial charge is 0.116 e. The van der Waals surface area contributed by atoms with Gasteiger partial charge in [0.15, 0.2) is 0 Å². The van der Waals surface area contributed by atoms with Gasteiger partial charge in [0, 0.05) is 34.7 Å². The number of phenols is 1. The lowest BCUT2D eigenvalue weighted by atomic mass is 10.0. The summed E-state index contributed by atoms with van der Waals surface area (Å²) < 4.78 is 0. The largest absolute Gasteiger partial charge is 0.508 e. The first-order valence-electron chi connectivity index (χ1n) is 5.95. The minimum absolute atomic E-state index is 0.0496. The average Bonchev–Trinajstić information content (AvgIpc) is 2.41. The van der Waals surface area contributed by atoms with Gasteiger partial charge < -0.3 is 27.0 Å². The molecule has 7 N–H and O–H groups in total. The van der Waals surface area contributed by atoms with Crippen LogP contribution in [0, 0.1) is 0 Å². The molecule has 0 radical (unpaired) electrons. The lowest BCUT2D eigenvalue weighted by Gasteiger charge is -2.12. The monoisotopic (exact) mass is 259 g/mol. The Kier molecular flexibility index (Phi) is 3.77. The molecule has 0 aliphatic rings. The molecule has 0 aromatic heterocycles. The summed E-state index contributed by atoms with van der Waals surface area (Å²) in [6.45, 7) is 0.507. The van der Waals surface area contributed by atoms with Gasteiger partial charge in [0.25, 0.3) is 0 Å². The van der Waals surface area contributed by atoms with Gasteiger partial charge in [-0.3, -0.25) is 0 Å². The van der Waals surface area contributed by atoms with Gasteiger partial charge in [-0.1, -0.05) is 0 Å². The summed E-state index contributed by atoms with van der Waals surface area (Å²) in [6.07, 6.45) is 0. The molecule has 0 heterocycles. The van der Waals surface area contributed by atoms with Gasteiger partial charge in [-0.15, -0.1) is 0 Å². The molecule has 5 nitrogen and oxygen atoms in total. The van der Waals surface area contributed by atoms with Gasteiger partial charge in [-0.05, 0) is 36.4 Å². The van der Waals surface area contributed by atoms with Crippen LogP contribution in [0.3, 0.4) is 0 Å². The molecule has 2 aromatic rings. The molecule has 0 unspecified atom stereocenters. The predicted octanol–water partition coefficient (Wildman–Crippen LogP) is 1.63. The third-order valence-corrected chi connectivity index (χ3v) is 2.82. The molecular weight excluding hydrogens is 242 g/mol. The first-order chi connectivity index (χ1) is 9.11. The maximum absolute atomic E-state index is 9.56. The second-order valence-corrected chi connectivity index (χ2v) is 4.22. The standard InChI is InChI=1S/C14H17N3O2/c15-13-3-1-9(17-5-6-18)7-11(13)12-8-10(19)2-4-14(12)16/h1-4,7-8,17-19H,5-6,15-16H2. The van der Waals surface area contributed by atoms with Crippen LogP contribution < -0.4 is 16.8 Å². The Morgan fingerprint density at radius 3 is 2.26 bits per heavy atom. The Morgan fingerprint density at radius 1 is 0.947 bits per heavy atom. The molecule has 0 bridgehead atoms. The highest BCUT2D eigenvalue weighted by Gasteiger charge is 2.08. The fourth-order valence-electron chi connectivity index (χ4n) is 1.88. The van der Waals surface area contributed by atoms with E-state index in [-0.39, 0.29) is 12.4 Å². The molecule has 0 spiro atoms. The van der Waals surface area contributed by atoms with Crippen LogP contribution >= 0.6 is 0 Å². The number of nitrogen functional groups attached to an aromatic ring is 2. The first kappa shape index (κ1) is 13.0. The number of anilines is 3. The van der Waals surface area contributed by atoms with E-state index in [1.807, 2.05) is 12.1 Å². The molecule has 2 aromatic carbocycles. The molecule has 0 saturated carbocycles. The Balaban J connectivity index is 2.45. The quantitative estimate of drug-likeness (QED) is 0.424. The van der Waals surface area contributed by atoms with Crippen LogP contribution in [0.2, 0.25) is 0 Å². The topological polar surface area (TPSA) is 105 Å². The molecule has 0 saturated heterocycles. The van der Waals surface area contributed by atoms with Crippen molar-refractivity contribution in [1.29, 1.82) is 0 Å². The molecular formula is C14H17N3O2. The first-order valence-corrected chi connectivity index (χ1v) is 5.95. The lowest BCUT2D eigenvalue weighted by Crippen LogP contribution is -2.05. The molecule has 0 atom stereocenters. The van der Waals surface area contributed by atoms with Crippen molar-refractivity contribution in [3.05, 3.63) is 36.4 Å². The lowest BCUT2D eigenvalue weighted by molar-refractivity contribution is 0.311. The van der Waals surface area contributed by atoms with Crippen LogP contribution in [0.15, 0.2) is 36.4 Å². The summed E-state index contributed by atoms with van der Waals surface area (Å²) in [5, 5.41) is 21.4. The van der Waals surface area contributed by atoms with Crippen molar-refractivity contribution < 1.29 is 10.2 Å². The van der Waals surface area contributed by atoms with E-state index >= 15 is 0 Å². The van der Waals surface area contributed by atoms with Gasteiger partial charge in [-0.2, -0.15) is 0 Å². The summed E-state index contributed by atoms with van der Waals surface area (Å²) in [5.41, 5.74) is 15.3. The van der Waals surface area contributed by atoms with Gasteiger partial charge in [0.05, 0.1) is 6.61 Å². The van der Waals surface area contributed by atoms with E-state index in [4.69, 9.17) is 16.6 Å². The number of hydrogen-bond acceptors (Lipinski definition) is 5. The molecule has 0 fully saturated rings. The van der Waals surface area contributed by atoms with E-state index in [2.05, 4.69) is 5.32 Å². The molecule has 100 valence electrons. The SMILES string of the molecule is Nc1ccc(O)cc1-c1cc(NCCO)ccc1N.